The molecule has 0 saturated carbocycles. The van der Waals surface area contributed by atoms with Crippen LogP contribution in [0.2, 0.25) is 0 Å². The summed E-state index contributed by atoms with van der Waals surface area (Å²) in [6.07, 6.45) is 0.858. The number of carbonyl (C=O) groups is 1. The molecule has 2 heterocycles. The number of nitrogens with zero attached hydrogens (tertiary/aromatic N) is 1. The Bertz CT molecular complexity index is 1130. The molecule has 1 N–H and O–H groups in total. The summed E-state index contributed by atoms with van der Waals surface area (Å²) in [7, 11) is 1.62. The molecule has 31 heavy (non-hydrogen) atoms. The first-order chi connectivity index (χ1) is 15.1. The molecule has 0 bridgehead atoms. The normalized spacial score (nSPS) is 15.7. The van der Waals surface area contributed by atoms with Crippen molar-refractivity contribution in [1.29, 1.82) is 0 Å². The Morgan fingerprint density at radius 2 is 1.74 bits per heavy atom. The predicted octanol–water partition coefficient (Wildman–Crippen LogP) is 2.66. The highest BCUT2D eigenvalue weighted by Gasteiger charge is 2.42. The lowest BCUT2D eigenvalue weighted by Gasteiger charge is -2.26. The summed E-state index contributed by atoms with van der Waals surface area (Å²) in [4.78, 5) is 30.1. The number of quaternary nitrogens is 1. The number of amides is 1. The van der Waals surface area contributed by atoms with Gasteiger partial charge in [0.15, 0.2) is 5.43 Å². The molecule has 3 aromatic rings. The second kappa shape index (κ2) is 8.94. The number of carbonyl (C=O) groups excluding carboxylic acids is 1. The highest BCUT2D eigenvalue weighted by atomic mass is 16.5. The van der Waals surface area contributed by atoms with Gasteiger partial charge >= 0.3 is 0 Å². The van der Waals surface area contributed by atoms with Crippen molar-refractivity contribution in [2.24, 2.45) is 0 Å². The highest BCUT2D eigenvalue weighted by Crippen LogP contribution is 2.38. The molecule has 0 saturated heterocycles. The maximum atomic E-state index is 13.4. The second-order valence-electron chi connectivity index (χ2n) is 7.91. The summed E-state index contributed by atoms with van der Waals surface area (Å²) >= 11 is 0. The van der Waals surface area contributed by atoms with Gasteiger partial charge in [0.05, 0.1) is 43.7 Å². The summed E-state index contributed by atoms with van der Waals surface area (Å²) in [5.74, 6) is 0.684. The van der Waals surface area contributed by atoms with Gasteiger partial charge in [-0.15, -0.1) is 0 Å². The molecule has 0 radical (unpaired) electrons. The van der Waals surface area contributed by atoms with Crippen LogP contribution in [0.1, 0.15) is 48.0 Å². The molecule has 6 nitrogen and oxygen atoms in total. The monoisotopic (exact) mass is 421 g/mol. The van der Waals surface area contributed by atoms with Crippen LogP contribution < -0.4 is 15.1 Å². The standard InChI is InChI=1S/C25H28N2O4/c1-4-26(5-2)15-8-16-27-22(17-11-13-18(30-3)14-12-17)21-23(28)19-9-6-7-10-20(19)31-24(21)25(27)29/h6-7,9-14,22H,4-5,8,15-16H2,1-3H3/p+1/t22-/m1/s1. The number of methoxy groups -OCH3 is 1. The fraction of sp³-hybridized carbons (Fsp3) is 0.360. The van der Waals surface area contributed by atoms with Gasteiger partial charge in [0, 0.05) is 13.0 Å². The molecule has 0 fully saturated rings. The first kappa shape index (κ1) is 21.1. The average molecular weight is 422 g/mol. The molecule has 1 amide bonds. The Morgan fingerprint density at radius 3 is 2.42 bits per heavy atom. The summed E-state index contributed by atoms with van der Waals surface area (Å²) in [5, 5.41) is 0.502. The van der Waals surface area contributed by atoms with Crippen LogP contribution in [0.4, 0.5) is 0 Å². The van der Waals surface area contributed by atoms with E-state index in [2.05, 4.69) is 13.8 Å². The third-order valence-corrected chi connectivity index (χ3v) is 6.23. The lowest BCUT2D eigenvalue weighted by Crippen LogP contribution is -3.11. The fourth-order valence-electron chi connectivity index (χ4n) is 4.43. The minimum absolute atomic E-state index is 0.136. The fourth-order valence-corrected chi connectivity index (χ4v) is 4.43. The molecule has 0 spiro atoms. The lowest BCUT2D eigenvalue weighted by molar-refractivity contribution is -0.896. The van der Waals surface area contributed by atoms with Gasteiger partial charge in [0.2, 0.25) is 5.76 Å². The quantitative estimate of drug-likeness (QED) is 0.607. The first-order valence-corrected chi connectivity index (χ1v) is 10.9. The predicted molar refractivity (Wildman–Crippen MR) is 120 cm³/mol. The Kier molecular flexibility index (Phi) is 6.09. The largest absolute Gasteiger partial charge is 0.497 e. The zero-order valence-corrected chi connectivity index (χ0v) is 18.3. The van der Waals surface area contributed by atoms with Crippen molar-refractivity contribution in [3.05, 3.63) is 75.6 Å². The molecular formula is C25H29N2O4+. The van der Waals surface area contributed by atoms with E-state index in [4.69, 9.17) is 9.15 Å². The van der Waals surface area contributed by atoms with Crippen LogP contribution >= 0.6 is 0 Å². The van der Waals surface area contributed by atoms with E-state index in [0.29, 0.717) is 23.1 Å². The minimum atomic E-state index is -0.457. The third kappa shape index (κ3) is 3.83. The molecule has 4 rings (SSSR count). The third-order valence-electron chi connectivity index (χ3n) is 6.23. The van der Waals surface area contributed by atoms with Crippen LogP contribution in [-0.2, 0) is 0 Å². The number of nitrogens with one attached hydrogen (secondary N) is 1. The molecular weight excluding hydrogens is 392 g/mol. The Hall–Kier alpha value is -3.12. The van der Waals surface area contributed by atoms with E-state index in [-0.39, 0.29) is 17.1 Å². The van der Waals surface area contributed by atoms with Gasteiger partial charge in [0.1, 0.15) is 11.3 Å². The van der Waals surface area contributed by atoms with Gasteiger partial charge in [-0.3, -0.25) is 9.59 Å². The van der Waals surface area contributed by atoms with Crippen LogP contribution in [0.3, 0.4) is 0 Å². The van der Waals surface area contributed by atoms with Crippen LogP contribution in [0, 0.1) is 0 Å². The maximum absolute atomic E-state index is 13.4. The van der Waals surface area contributed by atoms with Gasteiger partial charge in [-0.25, -0.2) is 0 Å². The van der Waals surface area contributed by atoms with Crippen molar-refractivity contribution in [1.82, 2.24) is 4.90 Å². The first-order valence-electron chi connectivity index (χ1n) is 10.9. The molecule has 6 heteroatoms. The van der Waals surface area contributed by atoms with Gasteiger partial charge in [-0.1, -0.05) is 24.3 Å². The molecule has 1 aliphatic rings. The van der Waals surface area contributed by atoms with Crippen molar-refractivity contribution < 1.29 is 18.8 Å². The van der Waals surface area contributed by atoms with Gasteiger partial charge in [-0.2, -0.15) is 0 Å². The number of hydrogen-bond donors (Lipinski definition) is 1. The van der Waals surface area contributed by atoms with Crippen LogP contribution in [0.25, 0.3) is 11.0 Å². The number of hydrogen-bond acceptors (Lipinski definition) is 4. The van der Waals surface area contributed by atoms with E-state index < -0.39 is 6.04 Å². The molecule has 1 aliphatic heterocycles. The Balaban J connectivity index is 1.77. The van der Waals surface area contributed by atoms with Gasteiger partial charge in [0.25, 0.3) is 5.91 Å². The second-order valence-corrected chi connectivity index (χ2v) is 7.91. The van der Waals surface area contributed by atoms with E-state index in [1.165, 1.54) is 4.90 Å². The zero-order chi connectivity index (χ0) is 22.0. The van der Waals surface area contributed by atoms with E-state index in [1.807, 2.05) is 36.4 Å². The number of ether oxygens (including phenoxy) is 1. The number of fused-ring (bicyclic) bond motifs is 2. The highest BCUT2D eigenvalue weighted by molar-refractivity contribution is 5.99. The van der Waals surface area contributed by atoms with Crippen molar-refractivity contribution in [3.8, 4) is 5.75 Å². The maximum Gasteiger partial charge on any atom is 0.290 e. The van der Waals surface area contributed by atoms with E-state index >= 15 is 0 Å². The molecule has 0 unspecified atom stereocenters. The topological polar surface area (TPSA) is 64.2 Å². The summed E-state index contributed by atoms with van der Waals surface area (Å²) in [6.45, 7) is 7.99. The minimum Gasteiger partial charge on any atom is -0.497 e. The lowest BCUT2D eigenvalue weighted by atomic mass is 9.98. The van der Waals surface area contributed by atoms with Crippen molar-refractivity contribution in [3.63, 3.8) is 0 Å². The summed E-state index contributed by atoms with van der Waals surface area (Å²) in [6, 6.07) is 14.2. The SMILES string of the molecule is CC[NH+](CC)CCCN1C(=O)c2oc3ccccc3c(=O)c2[C@H]1c1ccc(OC)cc1. The van der Waals surface area contributed by atoms with E-state index in [1.54, 1.807) is 24.1 Å². The number of rotatable bonds is 8. The van der Waals surface area contributed by atoms with Crippen molar-refractivity contribution in [2.45, 2.75) is 26.3 Å². The van der Waals surface area contributed by atoms with Crippen LogP contribution in [-0.4, -0.2) is 44.1 Å². The van der Waals surface area contributed by atoms with Crippen LogP contribution in [0.15, 0.2) is 57.7 Å². The van der Waals surface area contributed by atoms with Crippen molar-refractivity contribution in [2.75, 3.05) is 33.3 Å². The number of para-hydroxylation sites is 1. The Morgan fingerprint density at radius 1 is 1.03 bits per heavy atom. The van der Waals surface area contributed by atoms with Crippen molar-refractivity contribution >= 4 is 16.9 Å². The molecule has 1 atom stereocenters. The van der Waals surface area contributed by atoms with Gasteiger partial charge < -0.3 is 19.0 Å². The van der Waals surface area contributed by atoms with E-state index in [0.717, 1.165) is 37.4 Å². The van der Waals surface area contributed by atoms with Gasteiger partial charge in [-0.05, 0) is 43.7 Å². The molecule has 2 aromatic carbocycles. The molecule has 1 aromatic heterocycles. The number of benzene rings is 2. The van der Waals surface area contributed by atoms with E-state index in [9.17, 15) is 9.59 Å². The smallest absolute Gasteiger partial charge is 0.290 e. The molecule has 162 valence electrons. The van der Waals surface area contributed by atoms with Crippen LogP contribution in [0.5, 0.6) is 5.75 Å². The zero-order valence-electron chi connectivity index (χ0n) is 18.3. The molecule has 0 aliphatic carbocycles. The summed E-state index contributed by atoms with van der Waals surface area (Å²) in [5.41, 5.74) is 1.63. The average Bonchev–Trinajstić information content (AvgIpc) is 3.09. The Labute approximate surface area is 182 Å². The summed E-state index contributed by atoms with van der Waals surface area (Å²) < 4.78 is 11.3.